The van der Waals surface area contributed by atoms with Gasteiger partial charge in [0.2, 0.25) is 0 Å². The molecule has 0 unspecified atom stereocenters. The first-order valence-corrected chi connectivity index (χ1v) is 7.44. The van der Waals surface area contributed by atoms with Crippen LogP contribution in [0.1, 0.15) is 10.5 Å². The molecule has 0 amide bonds. The number of hydrogen-bond donors (Lipinski definition) is 1. The topological polar surface area (TPSA) is 59.4 Å². The lowest BCUT2D eigenvalue weighted by atomic mass is 10.1. The third-order valence-electron chi connectivity index (χ3n) is 3.20. The molecule has 0 fully saturated rings. The first-order valence-electron chi connectivity index (χ1n) is 6.63. The van der Waals surface area contributed by atoms with Crippen molar-refractivity contribution in [1.82, 2.24) is 4.98 Å². The van der Waals surface area contributed by atoms with E-state index in [9.17, 15) is 9.90 Å². The van der Waals surface area contributed by atoms with Crippen LogP contribution in [0.5, 0.6) is 5.75 Å². The lowest BCUT2D eigenvalue weighted by molar-refractivity contribution is 0.0692. The molecule has 0 bridgehead atoms. The molecule has 0 aliphatic carbocycles. The van der Waals surface area contributed by atoms with Crippen LogP contribution in [-0.4, -0.2) is 23.2 Å². The van der Waals surface area contributed by atoms with E-state index in [0.29, 0.717) is 9.88 Å². The zero-order valence-corrected chi connectivity index (χ0v) is 12.6. The normalized spacial score (nSPS) is 10.4. The van der Waals surface area contributed by atoms with Gasteiger partial charge in [-0.15, -0.1) is 11.3 Å². The molecule has 3 rings (SSSR count). The summed E-state index contributed by atoms with van der Waals surface area (Å²) >= 11 is 1.37. The monoisotopic (exact) mass is 311 g/mol. The van der Waals surface area contributed by atoms with Gasteiger partial charge >= 0.3 is 5.97 Å². The number of rotatable bonds is 4. The van der Waals surface area contributed by atoms with Crippen molar-refractivity contribution in [3.05, 3.63) is 60.3 Å². The molecular weight excluding hydrogens is 298 g/mol. The second kappa shape index (κ2) is 5.99. The highest BCUT2D eigenvalue weighted by Crippen LogP contribution is 2.36. The Morgan fingerprint density at radius 2 is 1.73 bits per heavy atom. The highest BCUT2D eigenvalue weighted by molar-refractivity contribution is 7.18. The summed E-state index contributed by atoms with van der Waals surface area (Å²) in [5, 5.41) is 10.1. The van der Waals surface area contributed by atoms with E-state index >= 15 is 0 Å². The van der Waals surface area contributed by atoms with Crippen molar-refractivity contribution < 1.29 is 14.6 Å². The average Bonchev–Trinajstić information content (AvgIpc) is 3.01. The summed E-state index contributed by atoms with van der Waals surface area (Å²) < 4.78 is 5.13. The van der Waals surface area contributed by atoms with Crippen LogP contribution < -0.4 is 4.74 Å². The molecule has 0 spiro atoms. The Morgan fingerprint density at radius 1 is 1.05 bits per heavy atom. The molecular formula is C17H13NO3S. The molecule has 1 aromatic heterocycles. The van der Waals surface area contributed by atoms with Crippen molar-refractivity contribution in [2.75, 3.05) is 7.11 Å². The van der Waals surface area contributed by atoms with Gasteiger partial charge in [0.05, 0.1) is 12.0 Å². The fourth-order valence-electron chi connectivity index (χ4n) is 2.11. The third kappa shape index (κ3) is 2.71. The molecule has 4 nitrogen and oxygen atoms in total. The third-order valence-corrected chi connectivity index (χ3v) is 4.36. The Hall–Kier alpha value is -2.66. The summed E-state index contributed by atoms with van der Waals surface area (Å²) in [7, 11) is 1.60. The van der Waals surface area contributed by atoms with Crippen molar-refractivity contribution in [2.45, 2.75) is 0 Å². The van der Waals surface area contributed by atoms with E-state index in [1.165, 1.54) is 11.3 Å². The largest absolute Gasteiger partial charge is 0.497 e. The minimum absolute atomic E-state index is 0.0778. The van der Waals surface area contributed by atoms with E-state index in [1.54, 1.807) is 7.11 Å². The maximum absolute atomic E-state index is 11.5. The second-order valence-electron chi connectivity index (χ2n) is 4.60. The first kappa shape index (κ1) is 14.3. The van der Waals surface area contributed by atoms with E-state index in [1.807, 2.05) is 54.6 Å². The van der Waals surface area contributed by atoms with Gasteiger partial charge in [0.1, 0.15) is 10.8 Å². The SMILES string of the molecule is COc1ccc(-c2sc(-c3ccccc3)nc2C(=O)O)cc1. The van der Waals surface area contributed by atoms with Crippen LogP contribution in [0.2, 0.25) is 0 Å². The Kier molecular flexibility index (Phi) is 3.89. The van der Waals surface area contributed by atoms with Crippen LogP contribution in [-0.2, 0) is 0 Å². The summed E-state index contributed by atoms with van der Waals surface area (Å²) in [6.45, 7) is 0. The Morgan fingerprint density at radius 3 is 2.32 bits per heavy atom. The molecule has 3 aromatic rings. The minimum atomic E-state index is -1.02. The summed E-state index contributed by atoms with van der Waals surface area (Å²) in [4.78, 5) is 16.4. The highest BCUT2D eigenvalue weighted by atomic mass is 32.1. The van der Waals surface area contributed by atoms with Crippen molar-refractivity contribution in [2.24, 2.45) is 0 Å². The molecule has 22 heavy (non-hydrogen) atoms. The van der Waals surface area contributed by atoms with Gasteiger partial charge in [0, 0.05) is 5.56 Å². The number of aromatic carboxylic acids is 1. The summed E-state index contributed by atoms with van der Waals surface area (Å²) in [6.07, 6.45) is 0. The molecule has 0 saturated carbocycles. The summed E-state index contributed by atoms with van der Waals surface area (Å²) in [5.41, 5.74) is 1.81. The van der Waals surface area contributed by atoms with E-state index < -0.39 is 5.97 Å². The second-order valence-corrected chi connectivity index (χ2v) is 5.60. The van der Waals surface area contributed by atoms with Crippen LogP contribution in [0.4, 0.5) is 0 Å². The molecule has 1 N–H and O–H groups in total. The van der Waals surface area contributed by atoms with E-state index in [-0.39, 0.29) is 5.69 Å². The van der Waals surface area contributed by atoms with Gasteiger partial charge in [-0.3, -0.25) is 0 Å². The highest BCUT2D eigenvalue weighted by Gasteiger charge is 2.19. The Bertz CT molecular complexity index is 795. The standard InChI is InChI=1S/C17H13NO3S/c1-21-13-9-7-11(8-10-13)15-14(17(19)20)18-16(22-15)12-5-3-2-4-6-12/h2-10H,1H3,(H,19,20). The van der Waals surface area contributed by atoms with Gasteiger partial charge < -0.3 is 9.84 Å². The van der Waals surface area contributed by atoms with Crippen molar-refractivity contribution in [1.29, 1.82) is 0 Å². The number of carboxylic acids is 1. The number of thiazole rings is 1. The summed E-state index contributed by atoms with van der Waals surface area (Å²) in [5.74, 6) is -0.294. The molecule has 0 saturated heterocycles. The zero-order valence-electron chi connectivity index (χ0n) is 11.8. The quantitative estimate of drug-likeness (QED) is 0.785. The first-order chi connectivity index (χ1) is 10.7. The number of benzene rings is 2. The van der Waals surface area contributed by atoms with Gasteiger partial charge in [-0.25, -0.2) is 9.78 Å². The van der Waals surface area contributed by atoms with E-state index in [2.05, 4.69) is 4.98 Å². The zero-order chi connectivity index (χ0) is 15.5. The Balaban J connectivity index is 2.09. The van der Waals surface area contributed by atoms with Crippen LogP contribution in [0, 0.1) is 0 Å². The maximum atomic E-state index is 11.5. The molecule has 5 heteroatoms. The van der Waals surface area contributed by atoms with E-state index in [4.69, 9.17) is 4.74 Å². The maximum Gasteiger partial charge on any atom is 0.356 e. The van der Waals surface area contributed by atoms with Gasteiger partial charge in [0.25, 0.3) is 0 Å². The molecule has 0 atom stereocenters. The predicted molar refractivity (Wildman–Crippen MR) is 86.5 cm³/mol. The molecule has 0 aliphatic heterocycles. The van der Waals surface area contributed by atoms with Gasteiger partial charge in [-0.2, -0.15) is 0 Å². The predicted octanol–water partition coefficient (Wildman–Crippen LogP) is 4.18. The summed E-state index contributed by atoms with van der Waals surface area (Å²) in [6, 6.07) is 16.9. The minimum Gasteiger partial charge on any atom is -0.497 e. The molecule has 2 aromatic carbocycles. The molecule has 0 radical (unpaired) electrons. The molecule has 110 valence electrons. The fraction of sp³-hybridized carbons (Fsp3) is 0.0588. The number of nitrogens with zero attached hydrogens (tertiary/aromatic N) is 1. The average molecular weight is 311 g/mol. The number of methoxy groups -OCH3 is 1. The number of carbonyl (C=O) groups is 1. The lowest BCUT2D eigenvalue weighted by Gasteiger charge is -2.01. The van der Waals surface area contributed by atoms with Crippen LogP contribution >= 0.6 is 11.3 Å². The molecule has 1 heterocycles. The van der Waals surface area contributed by atoms with Crippen LogP contribution in [0.25, 0.3) is 21.0 Å². The van der Waals surface area contributed by atoms with Crippen LogP contribution in [0.15, 0.2) is 54.6 Å². The lowest BCUT2D eigenvalue weighted by Crippen LogP contribution is -1.98. The van der Waals surface area contributed by atoms with Crippen molar-refractivity contribution in [3.63, 3.8) is 0 Å². The number of aromatic nitrogens is 1. The number of hydrogen-bond acceptors (Lipinski definition) is 4. The van der Waals surface area contributed by atoms with Gasteiger partial charge in [-0.05, 0) is 29.8 Å². The Labute approximate surface area is 131 Å². The van der Waals surface area contributed by atoms with E-state index in [0.717, 1.165) is 16.9 Å². The van der Waals surface area contributed by atoms with Crippen molar-refractivity contribution >= 4 is 17.3 Å². The molecule has 0 aliphatic rings. The van der Waals surface area contributed by atoms with Crippen molar-refractivity contribution in [3.8, 4) is 26.8 Å². The number of ether oxygens (including phenoxy) is 1. The fourth-order valence-corrected chi connectivity index (χ4v) is 3.18. The van der Waals surface area contributed by atoms with Gasteiger partial charge in [-0.1, -0.05) is 30.3 Å². The smallest absolute Gasteiger partial charge is 0.356 e. The number of carboxylic acid groups (broad SMARTS) is 1. The van der Waals surface area contributed by atoms with Crippen LogP contribution in [0.3, 0.4) is 0 Å². The van der Waals surface area contributed by atoms with Gasteiger partial charge in [0.15, 0.2) is 5.69 Å².